The van der Waals surface area contributed by atoms with E-state index in [9.17, 15) is 4.79 Å². The number of aliphatic imine (C=N–C) groups is 1. The molecular formula is C23H19NO. The molecule has 2 nitrogen and oxygen atoms in total. The highest BCUT2D eigenvalue weighted by Crippen LogP contribution is 2.38. The predicted molar refractivity (Wildman–Crippen MR) is 106 cm³/mol. The van der Waals surface area contributed by atoms with E-state index in [0.29, 0.717) is 5.69 Å². The molecule has 0 aliphatic rings. The van der Waals surface area contributed by atoms with Crippen LogP contribution in [0.2, 0.25) is 0 Å². The topological polar surface area (TPSA) is 29.4 Å². The summed E-state index contributed by atoms with van der Waals surface area (Å²) < 4.78 is 0. The molecule has 0 heterocycles. The third kappa shape index (κ3) is 2.96. The molecule has 3 aromatic carbocycles. The zero-order valence-electron chi connectivity index (χ0n) is 14.2. The Hall–Kier alpha value is -3.22. The molecule has 0 spiro atoms. The van der Waals surface area contributed by atoms with E-state index in [1.165, 1.54) is 16.3 Å². The van der Waals surface area contributed by atoms with Crippen molar-refractivity contribution in [2.24, 2.45) is 4.99 Å². The maximum atomic E-state index is 11.0. The minimum absolute atomic E-state index is 0.0655. The minimum atomic E-state index is 0.0655. The van der Waals surface area contributed by atoms with Crippen LogP contribution >= 0.6 is 0 Å². The average molecular weight is 325 g/mol. The fourth-order valence-electron chi connectivity index (χ4n) is 3.35. The average Bonchev–Trinajstić information content (AvgIpc) is 2.66. The monoisotopic (exact) mass is 325 g/mol. The second kappa shape index (κ2) is 7.12. The molecule has 122 valence electrons. The molecule has 0 aliphatic carbocycles. The Kier molecular flexibility index (Phi) is 4.74. The van der Waals surface area contributed by atoms with Gasteiger partial charge in [-0.15, -0.1) is 0 Å². The first-order chi connectivity index (χ1) is 12.2. The first kappa shape index (κ1) is 16.6. The van der Waals surface area contributed by atoms with E-state index < -0.39 is 0 Å². The van der Waals surface area contributed by atoms with E-state index in [-0.39, 0.29) is 5.92 Å². The maximum absolute atomic E-state index is 11.0. The molecule has 1 unspecified atom stereocenters. The number of fused-ring (bicyclic) bond motifs is 1. The molecule has 0 amide bonds. The van der Waals surface area contributed by atoms with Crippen molar-refractivity contribution in [3.63, 3.8) is 0 Å². The standard InChI is InChI=1S/C23H19NO/c1-4-17-13-14-21(23(24-15-25)19(17)5-2)16(3)20-12-8-10-18-9-6-7-11-22(18)20/h4-14,16H,1-2H2,3H3. The number of hydrogen-bond acceptors (Lipinski definition) is 2. The molecule has 3 rings (SSSR count). The van der Waals surface area contributed by atoms with Crippen molar-refractivity contribution >= 4 is 34.7 Å². The highest BCUT2D eigenvalue weighted by molar-refractivity contribution is 5.87. The summed E-state index contributed by atoms with van der Waals surface area (Å²) in [6.07, 6.45) is 5.14. The van der Waals surface area contributed by atoms with Crippen molar-refractivity contribution < 1.29 is 4.79 Å². The van der Waals surface area contributed by atoms with Crippen LogP contribution in [-0.4, -0.2) is 6.08 Å². The van der Waals surface area contributed by atoms with Crippen molar-refractivity contribution in [2.45, 2.75) is 12.8 Å². The van der Waals surface area contributed by atoms with Crippen LogP contribution in [-0.2, 0) is 4.79 Å². The van der Waals surface area contributed by atoms with Crippen LogP contribution < -0.4 is 0 Å². The van der Waals surface area contributed by atoms with Gasteiger partial charge < -0.3 is 0 Å². The summed E-state index contributed by atoms with van der Waals surface area (Å²) in [6, 6.07) is 18.6. The van der Waals surface area contributed by atoms with Gasteiger partial charge >= 0.3 is 0 Å². The lowest BCUT2D eigenvalue weighted by molar-refractivity contribution is 0.565. The summed E-state index contributed by atoms with van der Waals surface area (Å²) in [5, 5.41) is 2.39. The van der Waals surface area contributed by atoms with E-state index in [2.05, 4.69) is 55.4 Å². The summed E-state index contributed by atoms with van der Waals surface area (Å²) in [4.78, 5) is 15.0. The molecule has 0 N–H and O–H groups in total. The molecule has 2 heteroatoms. The van der Waals surface area contributed by atoms with Crippen LogP contribution in [0.4, 0.5) is 5.69 Å². The molecule has 0 bridgehead atoms. The van der Waals surface area contributed by atoms with Gasteiger partial charge in [-0.1, -0.05) is 86.8 Å². The number of isocyanates is 1. The zero-order chi connectivity index (χ0) is 17.8. The fourth-order valence-corrected chi connectivity index (χ4v) is 3.35. The number of nitrogens with zero attached hydrogens (tertiary/aromatic N) is 1. The minimum Gasteiger partial charge on any atom is -0.211 e. The van der Waals surface area contributed by atoms with Crippen molar-refractivity contribution in [3.05, 3.63) is 90.0 Å². The van der Waals surface area contributed by atoms with Crippen LogP contribution in [0.15, 0.2) is 72.7 Å². The molecule has 0 aliphatic heterocycles. The Morgan fingerprint density at radius 1 is 0.960 bits per heavy atom. The van der Waals surface area contributed by atoms with Crippen LogP contribution in [0.25, 0.3) is 22.9 Å². The van der Waals surface area contributed by atoms with E-state index in [1.807, 2.05) is 24.3 Å². The number of hydrogen-bond donors (Lipinski definition) is 0. The van der Waals surface area contributed by atoms with Gasteiger partial charge in [0.05, 0.1) is 5.69 Å². The van der Waals surface area contributed by atoms with Crippen molar-refractivity contribution in [1.29, 1.82) is 0 Å². The van der Waals surface area contributed by atoms with Crippen LogP contribution in [0.1, 0.15) is 35.1 Å². The maximum Gasteiger partial charge on any atom is 0.240 e. The van der Waals surface area contributed by atoms with E-state index in [0.717, 1.165) is 16.7 Å². The Bertz CT molecular complexity index is 1000. The molecule has 1 atom stereocenters. The van der Waals surface area contributed by atoms with Gasteiger partial charge in [-0.05, 0) is 27.5 Å². The molecule has 0 saturated heterocycles. The van der Waals surface area contributed by atoms with Crippen molar-refractivity contribution in [1.82, 2.24) is 0 Å². The number of benzene rings is 3. The molecule has 0 saturated carbocycles. The summed E-state index contributed by atoms with van der Waals surface area (Å²) in [6.45, 7) is 9.82. The van der Waals surface area contributed by atoms with Gasteiger partial charge in [-0.2, -0.15) is 4.99 Å². The summed E-state index contributed by atoms with van der Waals surface area (Å²) >= 11 is 0. The SMILES string of the molecule is C=Cc1ccc(C(C)c2cccc3ccccc23)c(N=C=O)c1C=C. The lowest BCUT2D eigenvalue weighted by atomic mass is 9.86. The third-order valence-corrected chi connectivity index (χ3v) is 4.62. The number of rotatable bonds is 5. The highest BCUT2D eigenvalue weighted by atomic mass is 16.1. The van der Waals surface area contributed by atoms with Crippen LogP contribution in [0.5, 0.6) is 0 Å². The highest BCUT2D eigenvalue weighted by Gasteiger charge is 2.18. The van der Waals surface area contributed by atoms with Gasteiger partial charge in [0.25, 0.3) is 0 Å². The Morgan fingerprint density at radius 2 is 1.72 bits per heavy atom. The summed E-state index contributed by atoms with van der Waals surface area (Å²) in [5.74, 6) is 0.0655. The van der Waals surface area contributed by atoms with E-state index in [1.54, 1.807) is 18.2 Å². The van der Waals surface area contributed by atoms with Crippen LogP contribution in [0.3, 0.4) is 0 Å². The molecule has 0 fully saturated rings. The number of carbonyl (C=O) groups excluding carboxylic acids is 1. The molecular weight excluding hydrogens is 306 g/mol. The zero-order valence-corrected chi connectivity index (χ0v) is 14.2. The first-order valence-electron chi connectivity index (χ1n) is 8.18. The lowest BCUT2D eigenvalue weighted by Crippen LogP contribution is -2.00. The lowest BCUT2D eigenvalue weighted by Gasteiger charge is -2.19. The second-order valence-electron chi connectivity index (χ2n) is 5.91. The van der Waals surface area contributed by atoms with Crippen molar-refractivity contribution in [3.8, 4) is 0 Å². The molecule has 0 aromatic heterocycles. The van der Waals surface area contributed by atoms with Crippen molar-refractivity contribution in [2.75, 3.05) is 0 Å². The predicted octanol–water partition coefficient (Wildman–Crippen LogP) is 6.24. The summed E-state index contributed by atoms with van der Waals surface area (Å²) in [7, 11) is 0. The van der Waals surface area contributed by atoms with Gasteiger partial charge in [0.1, 0.15) is 0 Å². The van der Waals surface area contributed by atoms with Gasteiger partial charge in [-0.25, -0.2) is 4.79 Å². The third-order valence-electron chi connectivity index (χ3n) is 4.62. The molecule has 25 heavy (non-hydrogen) atoms. The van der Waals surface area contributed by atoms with Gasteiger partial charge in [0.15, 0.2) is 0 Å². The van der Waals surface area contributed by atoms with Gasteiger partial charge in [0, 0.05) is 11.5 Å². The Balaban J connectivity index is 2.26. The Labute approximate surface area is 147 Å². The normalized spacial score (nSPS) is 11.6. The van der Waals surface area contributed by atoms with E-state index in [4.69, 9.17) is 0 Å². The molecule has 0 radical (unpaired) electrons. The largest absolute Gasteiger partial charge is 0.240 e. The van der Waals surface area contributed by atoms with E-state index >= 15 is 0 Å². The quantitative estimate of drug-likeness (QED) is 0.403. The van der Waals surface area contributed by atoms with Gasteiger partial charge in [-0.3, -0.25) is 0 Å². The van der Waals surface area contributed by atoms with Gasteiger partial charge in [0.2, 0.25) is 6.08 Å². The fraction of sp³-hybridized carbons (Fsp3) is 0.0870. The summed E-state index contributed by atoms with van der Waals surface area (Å²) in [5.41, 5.74) is 4.49. The van der Waals surface area contributed by atoms with Crippen LogP contribution in [0, 0.1) is 0 Å². The molecule has 3 aromatic rings. The smallest absolute Gasteiger partial charge is 0.211 e. The first-order valence-corrected chi connectivity index (χ1v) is 8.18. The Morgan fingerprint density at radius 3 is 2.44 bits per heavy atom. The second-order valence-corrected chi connectivity index (χ2v) is 5.91.